The lowest BCUT2D eigenvalue weighted by molar-refractivity contribution is -0.144. The molecule has 0 aromatic carbocycles. The van der Waals surface area contributed by atoms with Gasteiger partial charge in [-0.25, -0.2) is 14.6 Å². The fourth-order valence-corrected chi connectivity index (χ4v) is 2.23. The molecule has 2 rings (SSSR count). The molecule has 0 atom stereocenters. The summed E-state index contributed by atoms with van der Waals surface area (Å²) in [6.07, 6.45) is 2.44. The Morgan fingerprint density at radius 2 is 1.80 bits per heavy atom. The van der Waals surface area contributed by atoms with Gasteiger partial charge in [-0.3, -0.25) is 5.32 Å². The molecule has 8 heteroatoms. The number of amides is 2. The zero-order chi connectivity index (χ0) is 14.8. The van der Waals surface area contributed by atoms with Crippen molar-refractivity contribution in [3.63, 3.8) is 0 Å². The summed E-state index contributed by atoms with van der Waals surface area (Å²) in [5.74, 6) is -0.951. The lowest BCUT2D eigenvalue weighted by Gasteiger charge is -2.25. The van der Waals surface area contributed by atoms with Crippen LogP contribution in [0.3, 0.4) is 0 Å². The van der Waals surface area contributed by atoms with E-state index in [0.29, 0.717) is 24.2 Å². The van der Waals surface area contributed by atoms with Crippen molar-refractivity contribution in [1.82, 2.24) is 20.5 Å². The molecular formula is C12H17N5O3. The van der Waals surface area contributed by atoms with Crippen LogP contribution < -0.4 is 10.6 Å². The third-order valence-electron chi connectivity index (χ3n) is 3.54. The van der Waals surface area contributed by atoms with Gasteiger partial charge in [0, 0.05) is 0 Å². The highest BCUT2D eigenvalue weighted by atomic mass is 16.4. The molecule has 1 aliphatic rings. The van der Waals surface area contributed by atoms with Gasteiger partial charge in [-0.15, -0.1) is 5.10 Å². The smallest absolute Gasteiger partial charge is 0.329 e. The molecule has 1 fully saturated rings. The van der Waals surface area contributed by atoms with Crippen molar-refractivity contribution in [1.29, 1.82) is 0 Å². The number of hydrogen-bond donors (Lipinski definition) is 3. The van der Waals surface area contributed by atoms with Crippen LogP contribution in [0.2, 0.25) is 0 Å². The number of rotatable bonds is 3. The van der Waals surface area contributed by atoms with Gasteiger partial charge in [-0.1, -0.05) is 12.8 Å². The first-order valence-corrected chi connectivity index (χ1v) is 6.43. The summed E-state index contributed by atoms with van der Waals surface area (Å²) in [5.41, 5.74) is 0.148. The second kappa shape index (κ2) is 5.40. The van der Waals surface area contributed by atoms with Gasteiger partial charge in [0.15, 0.2) is 0 Å². The minimum absolute atomic E-state index is 0.0594. The van der Waals surface area contributed by atoms with Crippen LogP contribution in [0.15, 0.2) is 0 Å². The maximum Gasteiger partial charge on any atom is 0.329 e. The van der Waals surface area contributed by atoms with E-state index in [-0.39, 0.29) is 5.95 Å². The molecule has 20 heavy (non-hydrogen) atoms. The highest BCUT2D eigenvalue weighted by molar-refractivity contribution is 5.92. The average molecular weight is 279 g/mol. The molecule has 0 spiro atoms. The van der Waals surface area contributed by atoms with Gasteiger partial charge in [-0.05, 0) is 26.7 Å². The topological polar surface area (TPSA) is 117 Å². The molecule has 1 aromatic heterocycles. The third kappa shape index (κ3) is 2.84. The molecule has 3 N–H and O–H groups in total. The van der Waals surface area contributed by atoms with Gasteiger partial charge in [0.2, 0.25) is 0 Å². The predicted molar refractivity (Wildman–Crippen MR) is 70.3 cm³/mol. The Labute approximate surface area is 116 Å². The number of urea groups is 1. The van der Waals surface area contributed by atoms with Crippen LogP contribution in [-0.2, 0) is 4.79 Å². The van der Waals surface area contributed by atoms with E-state index in [4.69, 9.17) is 0 Å². The van der Waals surface area contributed by atoms with Gasteiger partial charge in [-0.2, -0.15) is 5.10 Å². The van der Waals surface area contributed by atoms with Crippen LogP contribution in [0.1, 0.15) is 37.1 Å². The van der Waals surface area contributed by atoms with Gasteiger partial charge >= 0.3 is 12.0 Å². The summed E-state index contributed by atoms with van der Waals surface area (Å²) in [6, 6.07) is -0.626. The van der Waals surface area contributed by atoms with Crippen LogP contribution >= 0.6 is 0 Å². The summed E-state index contributed by atoms with van der Waals surface area (Å²) >= 11 is 0. The maximum absolute atomic E-state index is 11.9. The number of nitrogens with zero attached hydrogens (tertiary/aromatic N) is 3. The Balaban J connectivity index is 2.04. The van der Waals surface area contributed by atoms with Crippen molar-refractivity contribution in [2.24, 2.45) is 0 Å². The van der Waals surface area contributed by atoms with E-state index >= 15 is 0 Å². The number of aliphatic carboxylic acids is 1. The first-order chi connectivity index (χ1) is 9.43. The Morgan fingerprint density at radius 3 is 2.35 bits per heavy atom. The Kier molecular flexibility index (Phi) is 3.82. The van der Waals surface area contributed by atoms with Crippen molar-refractivity contribution in [2.45, 2.75) is 45.1 Å². The monoisotopic (exact) mass is 279 g/mol. The molecule has 0 unspecified atom stereocenters. The molecule has 108 valence electrons. The minimum Gasteiger partial charge on any atom is -0.480 e. The summed E-state index contributed by atoms with van der Waals surface area (Å²) < 4.78 is 0. The van der Waals surface area contributed by atoms with Crippen LogP contribution in [-0.4, -0.2) is 37.8 Å². The Morgan fingerprint density at radius 1 is 1.15 bits per heavy atom. The van der Waals surface area contributed by atoms with Gasteiger partial charge < -0.3 is 10.4 Å². The first-order valence-electron chi connectivity index (χ1n) is 6.43. The maximum atomic E-state index is 11.9. The molecule has 0 bridgehead atoms. The fraction of sp³-hybridized carbons (Fsp3) is 0.583. The van der Waals surface area contributed by atoms with Crippen LogP contribution in [0, 0.1) is 13.8 Å². The number of carbonyl (C=O) groups excluding carboxylic acids is 1. The highest BCUT2D eigenvalue weighted by Crippen LogP contribution is 2.29. The highest BCUT2D eigenvalue weighted by Gasteiger charge is 2.42. The summed E-state index contributed by atoms with van der Waals surface area (Å²) in [7, 11) is 0. The molecule has 2 amide bonds. The second-order valence-electron chi connectivity index (χ2n) is 4.98. The average Bonchev–Trinajstić information content (AvgIpc) is 2.83. The van der Waals surface area contributed by atoms with E-state index in [1.807, 2.05) is 0 Å². The fourth-order valence-electron chi connectivity index (χ4n) is 2.23. The van der Waals surface area contributed by atoms with Crippen molar-refractivity contribution in [2.75, 3.05) is 5.32 Å². The van der Waals surface area contributed by atoms with Gasteiger partial charge in [0.1, 0.15) is 5.54 Å². The molecule has 1 aromatic rings. The van der Waals surface area contributed by atoms with Crippen molar-refractivity contribution >= 4 is 17.9 Å². The van der Waals surface area contributed by atoms with Crippen molar-refractivity contribution in [3.8, 4) is 0 Å². The second-order valence-corrected chi connectivity index (χ2v) is 4.98. The normalized spacial score (nSPS) is 16.7. The van der Waals surface area contributed by atoms with E-state index in [1.54, 1.807) is 13.8 Å². The lowest BCUT2D eigenvalue weighted by Crippen LogP contribution is -2.53. The largest absolute Gasteiger partial charge is 0.480 e. The zero-order valence-electron chi connectivity index (χ0n) is 11.4. The molecule has 0 saturated heterocycles. The Bertz CT molecular complexity index is 540. The lowest BCUT2D eigenvalue weighted by atomic mass is 9.98. The predicted octanol–water partition coefficient (Wildman–Crippen LogP) is 1.01. The molecule has 8 nitrogen and oxygen atoms in total. The summed E-state index contributed by atoms with van der Waals surface area (Å²) in [5, 5.41) is 21.8. The number of carboxylic acids is 1. The van der Waals surface area contributed by atoms with E-state index in [2.05, 4.69) is 25.8 Å². The summed E-state index contributed by atoms with van der Waals surface area (Å²) in [4.78, 5) is 27.3. The third-order valence-corrected chi connectivity index (χ3v) is 3.54. The molecule has 1 saturated carbocycles. The minimum atomic E-state index is -1.18. The number of hydrogen-bond acceptors (Lipinski definition) is 5. The van der Waals surface area contributed by atoms with Gasteiger partial charge in [0.05, 0.1) is 11.4 Å². The van der Waals surface area contributed by atoms with E-state index in [1.165, 1.54) is 0 Å². The molecule has 0 aliphatic heterocycles. The van der Waals surface area contributed by atoms with Crippen LogP contribution in [0.5, 0.6) is 0 Å². The zero-order valence-corrected chi connectivity index (χ0v) is 11.4. The first kappa shape index (κ1) is 14.2. The van der Waals surface area contributed by atoms with Crippen molar-refractivity contribution < 1.29 is 14.7 Å². The quantitative estimate of drug-likeness (QED) is 0.760. The molecular weight excluding hydrogens is 262 g/mol. The van der Waals surface area contributed by atoms with Crippen LogP contribution in [0.25, 0.3) is 0 Å². The van der Waals surface area contributed by atoms with E-state index < -0.39 is 17.5 Å². The molecule has 1 heterocycles. The van der Waals surface area contributed by atoms with Crippen LogP contribution in [0.4, 0.5) is 10.7 Å². The standard InChI is InChI=1S/C12H17N5O3/c1-7-8(2)16-17-10(13-7)14-11(20)15-12(9(18)19)5-3-4-6-12/h3-6H2,1-2H3,(H,18,19)(H2,13,14,15,17,20). The SMILES string of the molecule is Cc1nnc(NC(=O)NC2(C(=O)O)CCCC2)nc1C. The van der Waals surface area contributed by atoms with E-state index in [0.717, 1.165) is 12.8 Å². The number of aromatic nitrogens is 3. The van der Waals surface area contributed by atoms with E-state index in [9.17, 15) is 14.7 Å². The number of nitrogens with one attached hydrogen (secondary N) is 2. The van der Waals surface area contributed by atoms with Gasteiger partial charge in [0.25, 0.3) is 5.95 Å². The number of carboxylic acid groups (broad SMARTS) is 1. The number of aryl methyl sites for hydroxylation is 2. The summed E-state index contributed by atoms with van der Waals surface area (Å²) in [6.45, 7) is 3.51. The molecule has 1 aliphatic carbocycles. The number of anilines is 1. The molecule has 0 radical (unpaired) electrons. The number of carbonyl (C=O) groups is 2. The Hall–Kier alpha value is -2.25. The van der Waals surface area contributed by atoms with Crippen molar-refractivity contribution in [3.05, 3.63) is 11.4 Å².